The van der Waals surface area contributed by atoms with Crippen molar-refractivity contribution in [2.24, 2.45) is 0 Å². The van der Waals surface area contributed by atoms with Gasteiger partial charge >= 0.3 is 0 Å². The second kappa shape index (κ2) is 7.86. The molecule has 0 spiro atoms. The molecule has 6 heteroatoms. The first kappa shape index (κ1) is 19.6. The highest BCUT2D eigenvalue weighted by atomic mass is 32.2. The maximum Gasteiger partial charge on any atom is 0.261 e. The summed E-state index contributed by atoms with van der Waals surface area (Å²) in [7, 11) is -3.73. The summed E-state index contributed by atoms with van der Waals surface area (Å²) in [6.07, 6.45) is 0. The van der Waals surface area contributed by atoms with Crippen molar-refractivity contribution >= 4 is 27.3 Å². The number of carbonyl (C=O) groups excluding carboxylic acids is 1. The summed E-state index contributed by atoms with van der Waals surface area (Å²) >= 11 is 0. The monoisotopic (exact) mass is 394 g/mol. The van der Waals surface area contributed by atoms with E-state index in [9.17, 15) is 13.2 Å². The maximum atomic E-state index is 12.6. The molecule has 5 nitrogen and oxygen atoms in total. The molecule has 0 unspecified atom stereocenters. The van der Waals surface area contributed by atoms with Crippen molar-refractivity contribution in [3.05, 3.63) is 89.0 Å². The molecule has 1 amide bonds. The number of hydrogen-bond donors (Lipinski definition) is 2. The van der Waals surface area contributed by atoms with Crippen molar-refractivity contribution < 1.29 is 13.2 Å². The molecule has 0 fully saturated rings. The van der Waals surface area contributed by atoms with Gasteiger partial charge in [0.05, 0.1) is 4.90 Å². The number of amides is 1. The number of anilines is 2. The fourth-order valence-corrected chi connectivity index (χ4v) is 3.78. The lowest BCUT2D eigenvalue weighted by molar-refractivity contribution is 0.102. The molecule has 0 atom stereocenters. The summed E-state index contributed by atoms with van der Waals surface area (Å²) in [4.78, 5) is 12.5. The fraction of sp³-hybridized carbons (Fsp3) is 0.136. The van der Waals surface area contributed by atoms with E-state index in [4.69, 9.17) is 0 Å². The lowest BCUT2D eigenvalue weighted by Crippen LogP contribution is -2.15. The molecular formula is C22H22N2O3S. The van der Waals surface area contributed by atoms with Crippen LogP contribution in [0.25, 0.3) is 0 Å². The van der Waals surface area contributed by atoms with E-state index < -0.39 is 10.0 Å². The molecule has 0 aliphatic heterocycles. The lowest BCUT2D eigenvalue weighted by atomic mass is 10.1. The smallest absolute Gasteiger partial charge is 0.261 e. The van der Waals surface area contributed by atoms with Gasteiger partial charge in [-0.2, -0.15) is 0 Å². The molecule has 3 aromatic rings. The van der Waals surface area contributed by atoms with Gasteiger partial charge in [0.1, 0.15) is 0 Å². The quantitative estimate of drug-likeness (QED) is 0.661. The average molecular weight is 394 g/mol. The Morgan fingerprint density at radius 2 is 1.50 bits per heavy atom. The Morgan fingerprint density at radius 3 is 2.14 bits per heavy atom. The highest BCUT2D eigenvalue weighted by molar-refractivity contribution is 7.92. The van der Waals surface area contributed by atoms with E-state index >= 15 is 0 Å². The molecule has 28 heavy (non-hydrogen) atoms. The average Bonchev–Trinajstić information content (AvgIpc) is 2.65. The topological polar surface area (TPSA) is 75.3 Å². The largest absolute Gasteiger partial charge is 0.322 e. The minimum Gasteiger partial charge on any atom is -0.322 e. The van der Waals surface area contributed by atoms with Crippen LogP contribution in [0.5, 0.6) is 0 Å². The van der Waals surface area contributed by atoms with Crippen molar-refractivity contribution in [3.63, 3.8) is 0 Å². The number of hydrogen-bond acceptors (Lipinski definition) is 3. The zero-order valence-electron chi connectivity index (χ0n) is 16.0. The molecule has 0 aliphatic carbocycles. The van der Waals surface area contributed by atoms with Gasteiger partial charge in [-0.05, 0) is 86.0 Å². The van der Waals surface area contributed by atoms with E-state index in [0.717, 1.165) is 16.7 Å². The number of sulfonamides is 1. The minimum absolute atomic E-state index is 0.0952. The highest BCUT2D eigenvalue weighted by Gasteiger charge is 2.15. The third kappa shape index (κ3) is 4.58. The predicted octanol–water partition coefficient (Wildman–Crippen LogP) is 4.66. The zero-order valence-corrected chi connectivity index (χ0v) is 16.8. The molecule has 3 rings (SSSR count). The number of aryl methyl sites for hydroxylation is 3. The van der Waals surface area contributed by atoms with Gasteiger partial charge in [0, 0.05) is 16.9 Å². The first-order valence-electron chi connectivity index (χ1n) is 8.83. The summed E-state index contributed by atoms with van der Waals surface area (Å²) in [5, 5.41) is 2.80. The molecule has 0 aliphatic rings. The number of carbonyl (C=O) groups is 1. The van der Waals surface area contributed by atoms with Gasteiger partial charge in [-0.15, -0.1) is 0 Å². The van der Waals surface area contributed by atoms with Gasteiger partial charge in [0.25, 0.3) is 15.9 Å². The first-order valence-corrected chi connectivity index (χ1v) is 10.3. The summed E-state index contributed by atoms with van der Waals surface area (Å²) in [6, 6.07) is 18.7. The minimum atomic E-state index is -3.73. The van der Waals surface area contributed by atoms with E-state index in [0.29, 0.717) is 16.9 Å². The van der Waals surface area contributed by atoms with Crippen LogP contribution in [0.4, 0.5) is 11.4 Å². The number of nitrogens with one attached hydrogen (secondary N) is 2. The Balaban J connectivity index is 1.75. The van der Waals surface area contributed by atoms with E-state index in [1.54, 1.807) is 18.2 Å². The Bertz CT molecular complexity index is 1120. The van der Waals surface area contributed by atoms with Crippen LogP contribution in [0.3, 0.4) is 0 Å². The van der Waals surface area contributed by atoms with Crippen LogP contribution in [-0.4, -0.2) is 14.3 Å². The standard InChI is InChI=1S/C22H22N2O3S/c1-15-5-4-6-19(13-15)23-22(25)18-8-11-21(12-9-18)28(26,27)24-20-10-7-16(2)17(3)14-20/h4-14,24H,1-3H3,(H,23,25). The van der Waals surface area contributed by atoms with Crippen LogP contribution in [0.2, 0.25) is 0 Å². The van der Waals surface area contributed by atoms with Gasteiger partial charge in [0.15, 0.2) is 0 Å². The van der Waals surface area contributed by atoms with E-state index in [1.807, 2.05) is 45.0 Å². The normalized spacial score (nSPS) is 11.1. The van der Waals surface area contributed by atoms with Crippen molar-refractivity contribution in [3.8, 4) is 0 Å². The number of rotatable bonds is 5. The third-order valence-corrected chi connectivity index (χ3v) is 5.86. The van der Waals surface area contributed by atoms with Crippen LogP contribution in [0, 0.1) is 20.8 Å². The fourth-order valence-electron chi connectivity index (χ4n) is 2.73. The van der Waals surface area contributed by atoms with Gasteiger partial charge in [-0.25, -0.2) is 8.42 Å². The summed E-state index contributed by atoms with van der Waals surface area (Å²) in [5.74, 6) is -0.295. The van der Waals surface area contributed by atoms with Crippen molar-refractivity contribution in [1.82, 2.24) is 0 Å². The van der Waals surface area contributed by atoms with Crippen molar-refractivity contribution in [1.29, 1.82) is 0 Å². The lowest BCUT2D eigenvalue weighted by Gasteiger charge is -2.11. The van der Waals surface area contributed by atoms with Crippen molar-refractivity contribution in [2.75, 3.05) is 10.0 Å². The summed E-state index contributed by atoms with van der Waals surface area (Å²) < 4.78 is 27.8. The van der Waals surface area contributed by atoms with Crippen LogP contribution >= 0.6 is 0 Å². The molecule has 0 heterocycles. The zero-order chi connectivity index (χ0) is 20.3. The third-order valence-electron chi connectivity index (χ3n) is 4.46. The number of benzene rings is 3. The second-order valence-electron chi connectivity index (χ2n) is 6.75. The predicted molar refractivity (Wildman–Crippen MR) is 112 cm³/mol. The Morgan fingerprint density at radius 1 is 0.786 bits per heavy atom. The van der Waals surface area contributed by atoms with Crippen molar-refractivity contribution in [2.45, 2.75) is 25.7 Å². The maximum absolute atomic E-state index is 12.6. The molecule has 0 bridgehead atoms. The van der Waals surface area contributed by atoms with E-state index in [-0.39, 0.29) is 10.8 Å². The summed E-state index contributed by atoms with van der Waals surface area (Å²) in [6.45, 7) is 5.83. The molecule has 0 saturated carbocycles. The van der Waals surface area contributed by atoms with Gasteiger partial charge in [-0.3, -0.25) is 9.52 Å². The highest BCUT2D eigenvalue weighted by Crippen LogP contribution is 2.20. The van der Waals surface area contributed by atoms with E-state index in [2.05, 4.69) is 10.0 Å². The SMILES string of the molecule is Cc1cccc(NC(=O)c2ccc(S(=O)(=O)Nc3ccc(C)c(C)c3)cc2)c1. The Kier molecular flexibility index (Phi) is 5.51. The molecule has 144 valence electrons. The van der Waals surface area contributed by atoms with Crippen LogP contribution < -0.4 is 10.0 Å². The van der Waals surface area contributed by atoms with E-state index in [1.165, 1.54) is 24.3 Å². The summed E-state index contributed by atoms with van der Waals surface area (Å²) in [5.41, 5.74) is 4.71. The van der Waals surface area contributed by atoms with Gasteiger partial charge in [-0.1, -0.05) is 18.2 Å². The van der Waals surface area contributed by atoms with Gasteiger partial charge in [0.2, 0.25) is 0 Å². The van der Waals surface area contributed by atoms with Crippen LogP contribution in [0.15, 0.2) is 71.6 Å². The first-order chi connectivity index (χ1) is 13.2. The molecule has 0 aromatic heterocycles. The second-order valence-corrected chi connectivity index (χ2v) is 8.43. The van der Waals surface area contributed by atoms with Gasteiger partial charge < -0.3 is 5.32 Å². The molecular weight excluding hydrogens is 372 g/mol. The molecule has 0 radical (unpaired) electrons. The Labute approximate surface area is 165 Å². The Hall–Kier alpha value is -3.12. The molecule has 3 aromatic carbocycles. The molecule has 2 N–H and O–H groups in total. The van der Waals surface area contributed by atoms with Crippen LogP contribution in [0.1, 0.15) is 27.0 Å². The van der Waals surface area contributed by atoms with Crippen LogP contribution in [-0.2, 0) is 10.0 Å². The molecule has 0 saturated heterocycles.